The molecular weight excluding hydrogens is 516 g/mol. The molecule has 0 saturated carbocycles. The molecule has 0 saturated heterocycles. The first-order valence-corrected chi connectivity index (χ1v) is 13.7. The van der Waals surface area contributed by atoms with Crippen LogP contribution >= 0.6 is 0 Å². The predicted octanol–water partition coefficient (Wildman–Crippen LogP) is -0.676. The molecule has 40 heavy (non-hydrogen) atoms. The summed E-state index contributed by atoms with van der Waals surface area (Å²) < 4.78 is 0. The average molecular weight is 563 g/mol. The minimum atomic E-state index is -1.17. The van der Waals surface area contributed by atoms with E-state index in [0.717, 1.165) is 12.0 Å². The van der Waals surface area contributed by atoms with Gasteiger partial charge in [-0.2, -0.15) is 0 Å². The highest BCUT2D eigenvalue weighted by Gasteiger charge is 2.31. The molecule has 0 aliphatic carbocycles. The van der Waals surface area contributed by atoms with Gasteiger partial charge in [0.05, 0.1) is 6.04 Å². The number of rotatable bonds is 19. The molecule has 12 N–H and O–H groups in total. The highest BCUT2D eigenvalue weighted by Crippen LogP contribution is 2.11. The lowest BCUT2D eigenvalue weighted by atomic mass is 9.98. The Morgan fingerprint density at radius 2 is 1.52 bits per heavy atom. The first-order chi connectivity index (χ1) is 19.0. The number of aliphatic carboxylic acids is 1. The van der Waals surface area contributed by atoms with Gasteiger partial charge in [-0.05, 0) is 43.7 Å². The van der Waals surface area contributed by atoms with Gasteiger partial charge in [-0.15, -0.1) is 0 Å². The number of hydrogen-bond acceptors (Lipinski definition) is 7. The summed E-state index contributed by atoms with van der Waals surface area (Å²) in [6.07, 6.45) is 2.94. The van der Waals surface area contributed by atoms with Crippen molar-refractivity contribution in [2.75, 3.05) is 13.1 Å². The molecule has 0 spiro atoms. The number of carboxylic acid groups (broad SMARTS) is 1. The second kappa shape index (κ2) is 18.6. The number of unbranched alkanes of at least 4 members (excludes halogenated alkanes) is 1. The Morgan fingerprint density at radius 3 is 2.10 bits per heavy atom. The normalized spacial score (nSPS) is 14.6. The number of carbonyl (C=O) groups is 4. The van der Waals surface area contributed by atoms with Gasteiger partial charge in [0.1, 0.15) is 18.1 Å². The third-order valence-electron chi connectivity index (χ3n) is 6.58. The Kier molecular flexibility index (Phi) is 15.9. The van der Waals surface area contributed by atoms with Crippen LogP contribution < -0.4 is 38.9 Å². The number of nitrogens with two attached hydrogens (primary N) is 4. The summed E-state index contributed by atoms with van der Waals surface area (Å²) in [6.45, 7) is 4.23. The van der Waals surface area contributed by atoms with Crippen LogP contribution in [0.4, 0.5) is 0 Å². The summed E-state index contributed by atoms with van der Waals surface area (Å²) in [7, 11) is 0. The molecule has 1 rings (SSSR count). The fourth-order valence-electron chi connectivity index (χ4n) is 3.96. The number of nitrogens with zero attached hydrogens (tertiary/aromatic N) is 1. The molecule has 0 heterocycles. The maximum absolute atomic E-state index is 13.5. The Bertz CT molecular complexity index is 971. The van der Waals surface area contributed by atoms with E-state index in [-0.39, 0.29) is 31.3 Å². The molecule has 0 radical (unpaired) electrons. The van der Waals surface area contributed by atoms with Gasteiger partial charge >= 0.3 is 5.97 Å². The molecule has 0 fully saturated rings. The molecule has 13 nitrogen and oxygen atoms in total. The summed E-state index contributed by atoms with van der Waals surface area (Å²) >= 11 is 0. The van der Waals surface area contributed by atoms with Crippen LogP contribution in [0, 0.1) is 5.92 Å². The molecule has 224 valence electrons. The molecule has 1 aromatic carbocycles. The summed E-state index contributed by atoms with van der Waals surface area (Å²) in [5, 5.41) is 17.6. The number of aliphatic imine (C=N–C) groups is 1. The van der Waals surface area contributed by atoms with E-state index in [9.17, 15) is 24.3 Å². The quantitative estimate of drug-likeness (QED) is 0.0604. The molecule has 3 amide bonds. The topological polar surface area (TPSA) is 241 Å². The van der Waals surface area contributed by atoms with Crippen molar-refractivity contribution >= 4 is 29.7 Å². The fourth-order valence-corrected chi connectivity index (χ4v) is 3.96. The third-order valence-corrected chi connectivity index (χ3v) is 6.58. The zero-order valence-corrected chi connectivity index (χ0v) is 23.5. The minimum Gasteiger partial charge on any atom is -0.480 e. The van der Waals surface area contributed by atoms with Crippen molar-refractivity contribution in [1.29, 1.82) is 0 Å². The minimum absolute atomic E-state index is 0.110. The largest absolute Gasteiger partial charge is 0.480 e. The van der Waals surface area contributed by atoms with E-state index in [1.54, 1.807) is 6.92 Å². The van der Waals surface area contributed by atoms with Crippen LogP contribution in [0.5, 0.6) is 0 Å². The summed E-state index contributed by atoms with van der Waals surface area (Å²) in [4.78, 5) is 55.2. The molecule has 5 atom stereocenters. The molecule has 1 aromatic rings. The number of hydrogen-bond donors (Lipinski definition) is 8. The van der Waals surface area contributed by atoms with Gasteiger partial charge in [-0.25, -0.2) is 4.79 Å². The molecular formula is C27H46N8O5. The van der Waals surface area contributed by atoms with Crippen LogP contribution in [-0.4, -0.2) is 72.0 Å². The monoisotopic (exact) mass is 562 g/mol. The number of carbonyl (C=O) groups excluding carboxylic acids is 3. The second-order valence-electron chi connectivity index (χ2n) is 9.86. The van der Waals surface area contributed by atoms with E-state index in [0.29, 0.717) is 32.2 Å². The highest BCUT2D eigenvalue weighted by atomic mass is 16.4. The van der Waals surface area contributed by atoms with Crippen molar-refractivity contribution in [1.82, 2.24) is 16.0 Å². The summed E-state index contributed by atoms with van der Waals surface area (Å²) in [6, 6.07) is 4.99. The lowest BCUT2D eigenvalue weighted by Gasteiger charge is -2.26. The van der Waals surface area contributed by atoms with Crippen molar-refractivity contribution < 1.29 is 24.3 Å². The van der Waals surface area contributed by atoms with Gasteiger partial charge in [-0.3, -0.25) is 19.4 Å². The van der Waals surface area contributed by atoms with Crippen LogP contribution in [0.1, 0.15) is 57.9 Å². The van der Waals surface area contributed by atoms with E-state index in [2.05, 4.69) is 20.9 Å². The summed E-state index contributed by atoms with van der Waals surface area (Å²) in [5.74, 6) is -3.39. The van der Waals surface area contributed by atoms with E-state index in [1.165, 1.54) is 0 Å². The number of benzene rings is 1. The van der Waals surface area contributed by atoms with Gasteiger partial charge < -0.3 is 44.0 Å². The lowest BCUT2D eigenvalue weighted by Crippen LogP contribution is -2.58. The molecule has 13 heteroatoms. The van der Waals surface area contributed by atoms with Gasteiger partial charge in [0, 0.05) is 13.0 Å². The van der Waals surface area contributed by atoms with Crippen LogP contribution in [0.25, 0.3) is 0 Å². The first-order valence-electron chi connectivity index (χ1n) is 13.7. The van der Waals surface area contributed by atoms with Gasteiger partial charge in [0.2, 0.25) is 17.7 Å². The SMILES string of the molecule is CCC(C)C(NC(=O)C(CCCN=C(N)N)NC(=O)C(Cc1ccccc1)NC(=O)C(N)CCCCN)C(=O)O. The third kappa shape index (κ3) is 12.9. The number of guanidine groups is 1. The smallest absolute Gasteiger partial charge is 0.326 e. The number of carboxylic acids is 1. The molecule has 0 bridgehead atoms. The van der Waals surface area contributed by atoms with Crippen molar-refractivity contribution in [2.45, 2.75) is 83.0 Å². The van der Waals surface area contributed by atoms with Crippen molar-refractivity contribution in [2.24, 2.45) is 33.8 Å². The van der Waals surface area contributed by atoms with Gasteiger partial charge in [0.25, 0.3) is 0 Å². The van der Waals surface area contributed by atoms with Crippen molar-refractivity contribution in [3.63, 3.8) is 0 Å². The average Bonchev–Trinajstić information content (AvgIpc) is 2.92. The van der Waals surface area contributed by atoms with E-state index < -0.39 is 47.9 Å². The Balaban J connectivity index is 3.14. The Morgan fingerprint density at radius 1 is 0.900 bits per heavy atom. The predicted molar refractivity (Wildman–Crippen MR) is 154 cm³/mol. The van der Waals surface area contributed by atoms with Crippen LogP contribution in [-0.2, 0) is 25.6 Å². The number of amides is 3. The van der Waals surface area contributed by atoms with Gasteiger partial charge in [-0.1, -0.05) is 57.0 Å². The maximum Gasteiger partial charge on any atom is 0.326 e. The molecule has 0 aliphatic heterocycles. The van der Waals surface area contributed by atoms with E-state index in [4.69, 9.17) is 22.9 Å². The zero-order chi connectivity index (χ0) is 30.1. The van der Waals surface area contributed by atoms with Crippen LogP contribution in [0.15, 0.2) is 35.3 Å². The van der Waals surface area contributed by atoms with E-state index in [1.807, 2.05) is 37.3 Å². The van der Waals surface area contributed by atoms with E-state index >= 15 is 0 Å². The maximum atomic E-state index is 13.5. The van der Waals surface area contributed by atoms with Crippen LogP contribution in [0.3, 0.4) is 0 Å². The van der Waals surface area contributed by atoms with Crippen molar-refractivity contribution in [3.05, 3.63) is 35.9 Å². The summed E-state index contributed by atoms with van der Waals surface area (Å²) in [5.41, 5.74) is 23.1. The zero-order valence-electron chi connectivity index (χ0n) is 23.5. The Labute approximate surface area is 235 Å². The van der Waals surface area contributed by atoms with Crippen molar-refractivity contribution in [3.8, 4) is 0 Å². The molecule has 0 aliphatic rings. The molecule has 5 unspecified atom stereocenters. The van der Waals surface area contributed by atoms with Crippen LogP contribution in [0.2, 0.25) is 0 Å². The van der Waals surface area contributed by atoms with Gasteiger partial charge in [0.15, 0.2) is 5.96 Å². The Hall–Kier alpha value is -3.71. The molecule has 0 aromatic heterocycles. The lowest BCUT2D eigenvalue weighted by molar-refractivity contribution is -0.144. The highest BCUT2D eigenvalue weighted by molar-refractivity contribution is 5.94. The number of nitrogens with one attached hydrogen (secondary N) is 3. The second-order valence-corrected chi connectivity index (χ2v) is 9.86. The fraction of sp³-hybridized carbons (Fsp3) is 0.593. The standard InChI is InChI=1S/C27H46N8O5/c1-3-17(2)22(26(39)40)35-24(37)20(13-9-15-32-27(30)31)33-25(38)21(16-18-10-5-4-6-11-18)34-23(36)19(29)12-7-8-14-28/h4-6,10-11,17,19-22H,3,7-9,12-16,28-29H2,1-2H3,(H,33,38)(H,34,36)(H,35,37)(H,39,40)(H4,30,31,32). The first kappa shape index (κ1) is 34.3.